The normalized spacial score (nSPS) is 47.1. The molecule has 2 aliphatic heterocycles. The second kappa shape index (κ2) is 4.19. The summed E-state index contributed by atoms with van der Waals surface area (Å²) in [4.78, 5) is 23.6. The first-order valence-corrected chi connectivity index (χ1v) is 6.79. The van der Waals surface area contributed by atoms with Gasteiger partial charge in [0, 0.05) is 22.8 Å². The number of hydrogen-bond donors (Lipinski definition) is 1. The SMILES string of the molecule is C=C[C@@]12COC(=O)C(=C)[C@@H]1[C@H]1OC(=O)C(C)[C@@H]1[C@@H](O)C2. The Hall–Kier alpha value is -1.62. The van der Waals surface area contributed by atoms with Gasteiger partial charge in [0.05, 0.1) is 12.0 Å². The average Bonchev–Trinajstić information content (AvgIpc) is 2.70. The number of aliphatic hydroxyl groups is 1. The van der Waals surface area contributed by atoms with Crippen molar-refractivity contribution in [1.29, 1.82) is 0 Å². The van der Waals surface area contributed by atoms with E-state index < -0.39 is 23.6 Å². The fourth-order valence-corrected chi connectivity index (χ4v) is 3.97. The number of aliphatic hydroxyl groups excluding tert-OH is 1. The van der Waals surface area contributed by atoms with Crippen LogP contribution >= 0.6 is 0 Å². The van der Waals surface area contributed by atoms with Crippen molar-refractivity contribution in [1.82, 2.24) is 0 Å². The zero-order valence-electron chi connectivity index (χ0n) is 11.4. The number of esters is 2. The molecule has 1 N–H and O–H groups in total. The third-order valence-electron chi connectivity index (χ3n) is 5.08. The highest BCUT2D eigenvalue weighted by Crippen LogP contribution is 2.55. The maximum atomic E-state index is 11.8. The van der Waals surface area contributed by atoms with Gasteiger partial charge in [-0.1, -0.05) is 19.6 Å². The summed E-state index contributed by atoms with van der Waals surface area (Å²) in [7, 11) is 0. The van der Waals surface area contributed by atoms with Crippen molar-refractivity contribution in [3.8, 4) is 0 Å². The fourth-order valence-electron chi connectivity index (χ4n) is 3.97. The molecular weight excluding hydrogens is 260 g/mol. The highest BCUT2D eigenvalue weighted by molar-refractivity contribution is 5.90. The first-order chi connectivity index (χ1) is 9.41. The average molecular weight is 278 g/mol. The number of carbonyl (C=O) groups is 2. The summed E-state index contributed by atoms with van der Waals surface area (Å²) in [5.41, 5.74) is -0.296. The zero-order chi connectivity index (χ0) is 14.7. The Labute approximate surface area is 117 Å². The number of fused-ring (bicyclic) bond motifs is 3. The lowest BCUT2D eigenvalue weighted by Crippen LogP contribution is -2.57. The van der Waals surface area contributed by atoms with Crippen LogP contribution in [0.4, 0.5) is 0 Å². The van der Waals surface area contributed by atoms with Gasteiger partial charge in [0.15, 0.2) is 0 Å². The molecule has 3 fully saturated rings. The van der Waals surface area contributed by atoms with E-state index in [9.17, 15) is 14.7 Å². The van der Waals surface area contributed by atoms with Crippen LogP contribution < -0.4 is 0 Å². The van der Waals surface area contributed by atoms with E-state index in [1.807, 2.05) is 0 Å². The van der Waals surface area contributed by atoms with Gasteiger partial charge >= 0.3 is 11.9 Å². The first kappa shape index (κ1) is 13.4. The Balaban J connectivity index is 2.07. The molecule has 3 rings (SSSR count). The topological polar surface area (TPSA) is 72.8 Å². The highest BCUT2D eigenvalue weighted by atomic mass is 16.6. The molecule has 0 aromatic carbocycles. The van der Waals surface area contributed by atoms with Crippen molar-refractivity contribution in [2.75, 3.05) is 6.61 Å². The molecule has 0 spiro atoms. The van der Waals surface area contributed by atoms with E-state index in [4.69, 9.17) is 9.47 Å². The van der Waals surface area contributed by atoms with Gasteiger partial charge in [0.25, 0.3) is 0 Å². The van der Waals surface area contributed by atoms with Crippen LogP contribution in [0, 0.1) is 23.2 Å². The Morgan fingerprint density at radius 1 is 1.45 bits per heavy atom. The number of cyclic esters (lactones) is 1. The van der Waals surface area contributed by atoms with Crippen molar-refractivity contribution in [3.05, 3.63) is 24.8 Å². The van der Waals surface area contributed by atoms with Crippen LogP contribution in [-0.4, -0.2) is 35.9 Å². The van der Waals surface area contributed by atoms with Crippen LogP contribution in [-0.2, 0) is 19.1 Å². The molecule has 0 aromatic rings. The van der Waals surface area contributed by atoms with E-state index in [0.717, 1.165) is 0 Å². The van der Waals surface area contributed by atoms with E-state index in [2.05, 4.69) is 13.2 Å². The molecule has 6 atom stereocenters. The van der Waals surface area contributed by atoms with Crippen molar-refractivity contribution in [2.45, 2.75) is 25.6 Å². The minimum absolute atomic E-state index is 0.144. The molecule has 2 saturated heterocycles. The number of rotatable bonds is 1. The second-order valence-corrected chi connectivity index (χ2v) is 6.06. The van der Waals surface area contributed by atoms with Gasteiger partial charge in [-0.3, -0.25) is 4.79 Å². The summed E-state index contributed by atoms with van der Waals surface area (Å²) < 4.78 is 10.6. The predicted octanol–water partition coefficient (Wildman–Crippen LogP) is 0.830. The lowest BCUT2D eigenvalue weighted by atomic mass is 9.57. The van der Waals surface area contributed by atoms with E-state index in [-0.39, 0.29) is 30.3 Å². The Morgan fingerprint density at radius 2 is 2.15 bits per heavy atom. The Morgan fingerprint density at radius 3 is 2.80 bits per heavy atom. The van der Waals surface area contributed by atoms with Crippen LogP contribution in [0.25, 0.3) is 0 Å². The summed E-state index contributed by atoms with van der Waals surface area (Å²) in [6.45, 7) is 9.53. The van der Waals surface area contributed by atoms with Gasteiger partial charge < -0.3 is 14.6 Å². The van der Waals surface area contributed by atoms with E-state index >= 15 is 0 Å². The van der Waals surface area contributed by atoms with Crippen LogP contribution in [0.1, 0.15) is 13.3 Å². The summed E-state index contributed by atoms with van der Waals surface area (Å²) in [5.74, 6) is -1.82. The smallest absolute Gasteiger partial charge is 0.333 e. The highest BCUT2D eigenvalue weighted by Gasteiger charge is 2.62. The predicted molar refractivity (Wildman–Crippen MR) is 69.4 cm³/mol. The Bertz CT molecular complexity index is 510. The van der Waals surface area contributed by atoms with E-state index in [0.29, 0.717) is 12.0 Å². The lowest BCUT2D eigenvalue weighted by Gasteiger charge is -2.51. The molecule has 0 aromatic heterocycles. The van der Waals surface area contributed by atoms with Crippen molar-refractivity contribution >= 4 is 11.9 Å². The van der Waals surface area contributed by atoms with Crippen LogP contribution in [0.5, 0.6) is 0 Å². The van der Waals surface area contributed by atoms with Gasteiger partial charge in [-0.2, -0.15) is 0 Å². The summed E-state index contributed by atoms with van der Waals surface area (Å²) in [5, 5.41) is 10.4. The van der Waals surface area contributed by atoms with Crippen molar-refractivity contribution < 1.29 is 24.2 Å². The summed E-state index contributed by atoms with van der Waals surface area (Å²) in [6, 6.07) is 0. The van der Waals surface area contributed by atoms with Crippen LogP contribution in [0.3, 0.4) is 0 Å². The monoisotopic (exact) mass is 278 g/mol. The molecule has 5 nitrogen and oxygen atoms in total. The molecule has 1 unspecified atom stereocenters. The molecule has 0 bridgehead atoms. The molecule has 0 radical (unpaired) electrons. The van der Waals surface area contributed by atoms with Gasteiger partial charge in [0.1, 0.15) is 12.7 Å². The van der Waals surface area contributed by atoms with Gasteiger partial charge in [-0.05, 0) is 6.42 Å². The summed E-state index contributed by atoms with van der Waals surface area (Å²) in [6.07, 6.45) is 0.890. The minimum Gasteiger partial charge on any atom is -0.461 e. The van der Waals surface area contributed by atoms with Crippen LogP contribution in [0.2, 0.25) is 0 Å². The van der Waals surface area contributed by atoms with Gasteiger partial charge in [-0.15, -0.1) is 6.58 Å². The maximum absolute atomic E-state index is 11.8. The largest absolute Gasteiger partial charge is 0.461 e. The number of carbonyl (C=O) groups excluding carboxylic acids is 2. The molecule has 1 aliphatic carbocycles. The quantitative estimate of drug-likeness (QED) is 0.437. The molecule has 5 heteroatoms. The fraction of sp³-hybridized carbons (Fsp3) is 0.600. The lowest BCUT2D eigenvalue weighted by molar-refractivity contribution is -0.168. The van der Waals surface area contributed by atoms with Gasteiger partial charge in [-0.25, -0.2) is 4.79 Å². The molecule has 2 heterocycles. The standard InChI is InChI=1S/C15H18O5/c1-4-15-5-9(16)10-7(2)14(18)20-12(10)11(15)8(3)13(17)19-6-15/h4,7,9-12,16H,1,3,5-6H2,2H3/t7?,9-,10+,11+,12-,15+/m0/s1. The number of ether oxygens (including phenoxy) is 2. The first-order valence-electron chi connectivity index (χ1n) is 6.79. The van der Waals surface area contributed by atoms with Crippen molar-refractivity contribution in [2.24, 2.45) is 23.2 Å². The second-order valence-electron chi connectivity index (χ2n) is 6.06. The molecule has 3 aliphatic rings. The van der Waals surface area contributed by atoms with Crippen LogP contribution in [0.15, 0.2) is 24.8 Å². The summed E-state index contributed by atoms with van der Waals surface area (Å²) >= 11 is 0. The zero-order valence-corrected chi connectivity index (χ0v) is 11.4. The molecule has 0 amide bonds. The van der Waals surface area contributed by atoms with E-state index in [1.165, 1.54) is 0 Å². The number of hydrogen-bond acceptors (Lipinski definition) is 5. The van der Waals surface area contributed by atoms with E-state index in [1.54, 1.807) is 13.0 Å². The third-order valence-corrected chi connectivity index (χ3v) is 5.08. The van der Waals surface area contributed by atoms with Gasteiger partial charge in [0.2, 0.25) is 0 Å². The molecule has 108 valence electrons. The molecular formula is C15H18O5. The molecule has 1 saturated carbocycles. The Kier molecular flexibility index (Phi) is 2.80. The minimum atomic E-state index is -0.680. The maximum Gasteiger partial charge on any atom is 0.333 e. The van der Waals surface area contributed by atoms with Crippen molar-refractivity contribution in [3.63, 3.8) is 0 Å². The third kappa shape index (κ3) is 1.53. The molecule has 20 heavy (non-hydrogen) atoms.